The molecule has 0 saturated heterocycles. The zero-order chi connectivity index (χ0) is 18.6. The average Bonchev–Trinajstić information content (AvgIpc) is 2.99. The van der Waals surface area contributed by atoms with Gasteiger partial charge >= 0.3 is 6.36 Å². The number of aldehydes is 1. The van der Waals surface area contributed by atoms with Gasteiger partial charge in [-0.25, -0.2) is 0 Å². The van der Waals surface area contributed by atoms with Crippen molar-refractivity contribution in [3.05, 3.63) is 58.5 Å². The van der Waals surface area contributed by atoms with Crippen LogP contribution in [0.3, 0.4) is 0 Å². The largest absolute Gasteiger partial charge is 0.573 e. The summed E-state index contributed by atoms with van der Waals surface area (Å²) < 4.78 is 41.5. The number of pyridine rings is 1. The molecule has 9 heteroatoms. The lowest BCUT2D eigenvalue weighted by molar-refractivity contribution is -0.274. The van der Waals surface area contributed by atoms with Crippen LogP contribution in [0.4, 0.5) is 13.2 Å². The van der Waals surface area contributed by atoms with Gasteiger partial charge in [-0.05, 0) is 36.4 Å². The fraction of sp³-hybridized carbons (Fsp3) is 0.125. The van der Waals surface area contributed by atoms with E-state index >= 15 is 0 Å². The Kier molecular flexibility index (Phi) is 5.28. The molecule has 0 radical (unpaired) electrons. The van der Waals surface area contributed by atoms with Gasteiger partial charge in [-0.2, -0.15) is 0 Å². The number of carbonyl (C=O) groups excluding carboxylic acids is 1. The van der Waals surface area contributed by atoms with Crippen molar-refractivity contribution in [2.24, 2.45) is 0 Å². The minimum absolute atomic E-state index is 0.288. The van der Waals surface area contributed by atoms with Crippen LogP contribution in [-0.2, 0) is 0 Å². The molecule has 3 aromatic rings. The number of hydrogen-bond acceptors (Lipinski definition) is 4. The molecule has 2 N–H and O–H groups in total. The van der Waals surface area contributed by atoms with Crippen molar-refractivity contribution < 1.29 is 27.8 Å². The summed E-state index contributed by atoms with van der Waals surface area (Å²) in [5.74, 6) is -0.387. The molecule has 0 aliphatic heterocycles. The number of halogens is 3. The highest BCUT2D eigenvalue weighted by Crippen LogP contribution is 2.24. The Balaban J connectivity index is 0.00000109. The van der Waals surface area contributed by atoms with Crippen LogP contribution in [0.5, 0.6) is 5.75 Å². The van der Waals surface area contributed by atoms with Gasteiger partial charge in [-0.3, -0.25) is 14.2 Å². The number of H-pyrrole nitrogens is 1. The lowest BCUT2D eigenvalue weighted by atomic mass is 10.2. The number of carbonyl (C=O) groups is 1. The van der Waals surface area contributed by atoms with Crippen LogP contribution in [0.25, 0.3) is 16.7 Å². The number of alkyl halides is 3. The van der Waals surface area contributed by atoms with Crippen molar-refractivity contribution in [2.75, 3.05) is 7.11 Å². The standard InChI is InChI=1S/C15H9F3N2O3.CH4O/c16-15(17,18)23-12-4-2-11(3-5-12)20-13(22)6-1-9-7-10(8-21)19-14(9)20;1-2/h1-8,19H;2H,1H3. The van der Waals surface area contributed by atoms with Crippen molar-refractivity contribution in [3.63, 3.8) is 0 Å². The van der Waals surface area contributed by atoms with Crippen LogP contribution >= 0.6 is 0 Å². The van der Waals surface area contributed by atoms with E-state index in [1.54, 1.807) is 12.1 Å². The van der Waals surface area contributed by atoms with E-state index in [1.165, 1.54) is 22.8 Å². The van der Waals surface area contributed by atoms with Gasteiger partial charge in [0.2, 0.25) is 0 Å². The van der Waals surface area contributed by atoms with Gasteiger partial charge in [0.15, 0.2) is 6.29 Å². The van der Waals surface area contributed by atoms with E-state index in [-0.39, 0.29) is 17.0 Å². The molecule has 0 aliphatic carbocycles. The van der Waals surface area contributed by atoms with E-state index in [9.17, 15) is 22.8 Å². The zero-order valence-corrected chi connectivity index (χ0v) is 12.9. The second-order valence-electron chi connectivity index (χ2n) is 4.70. The zero-order valence-electron chi connectivity index (χ0n) is 12.9. The summed E-state index contributed by atoms with van der Waals surface area (Å²) in [5.41, 5.74) is 0.621. The van der Waals surface area contributed by atoms with Crippen molar-refractivity contribution in [2.45, 2.75) is 6.36 Å². The van der Waals surface area contributed by atoms with Crippen LogP contribution < -0.4 is 10.3 Å². The number of aliphatic hydroxyl groups is 1. The summed E-state index contributed by atoms with van der Waals surface area (Å²) >= 11 is 0. The fourth-order valence-corrected chi connectivity index (χ4v) is 2.26. The SMILES string of the molecule is CO.O=Cc1cc2ccc(=O)n(-c3ccc(OC(F)(F)F)cc3)c2[nH]1. The number of aliphatic hydroxyl groups excluding tert-OH is 1. The number of aromatic nitrogens is 2. The number of rotatable bonds is 3. The molecule has 0 fully saturated rings. The summed E-state index contributed by atoms with van der Waals surface area (Å²) in [4.78, 5) is 25.7. The van der Waals surface area contributed by atoms with Gasteiger partial charge in [-0.1, -0.05) is 0 Å². The Bertz CT molecular complexity index is 927. The lowest BCUT2D eigenvalue weighted by Crippen LogP contribution is -2.18. The third-order valence-electron chi connectivity index (χ3n) is 3.15. The molecule has 25 heavy (non-hydrogen) atoms. The highest BCUT2D eigenvalue weighted by molar-refractivity contribution is 5.86. The van der Waals surface area contributed by atoms with E-state index in [2.05, 4.69) is 9.72 Å². The van der Waals surface area contributed by atoms with Crippen LogP contribution in [0.2, 0.25) is 0 Å². The van der Waals surface area contributed by atoms with E-state index in [1.807, 2.05) is 0 Å². The third kappa shape index (κ3) is 4.07. The molecule has 0 amide bonds. The smallest absolute Gasteiger partial charge is 0.406 e. The normalized spacial score (nSPS) is 10.9. The van der Waals surface area contributed by atoms with Crippen LogP contribution in [0, 0.1) is 0 Å². The molecule has 0 saturated carbocycles. The third-order valence-corrected chi connectivity index (χ3v) is 3.15. The molecule has 2 aromatic heterocycles. The van der Waals surface area contributed by atoms with E-state index in [4.69, 9.17) is 5.11 Å². The maximum absolute atomic E-state index is 12.2. The van der Waals surface area contributed by atoms with Gasteiger partial charge in [0.1, 0.15) is 11.4 Å². The summed E-state index contributed by atoms with van der Waals surface area (Å²) in [5, 5.41) is 7.63. The molecule has 3 rings (SSSR count). The molecule has 0 aliphatic rings. The van der Waals surface area contributed by atoms with E-state index in [0.29, 0.717) is 23.0 Å². The number of nitrogens with one attached hydrogen (secondary N) is 1. The average molecular weight is 354 g/mol. The maximum Gasteiger partial charge on any atom is 0.573 e. The Morgan fingerprint density at radius 1 is 1.12 bits per heavy atom. The van der Waals surface area contributed by atoms with Gasteiger partial charge in [-0.15, -0.1) is 13.2 Å². The maximum atomic E-state index is 12.2. The van der Waals surface area contributed by atoms with Gasteiger partial charge in [0.25, 0.3) is 5.56 Å². The van der Waals surface area contributed by atoms with Gasteiger partial charge in [0, 0.05) is 18.6 Å². The topological polar surface area (TPSA) is 84.3 Å². The first-order valence-corrected chi connectivity index (χ1v) is 6.88. The first kappa shape index (κ1) is 18.3. The first-order chi connectivity index (χ1) is 11.9. The minimum atomic E-state index is -4.78. The fourth-order valence-electron chi connectivity index (χ4n) is 2.26. The van der Waals surface area contributed by atoms with Crippen LogP contribution in [-0.4, -0.2) is 34.4 Å². The molecule has 0 atom stereocenters. The Morgan fingerprint density at radius 2 is 1.76 bits per heavy atom. The predicted octanol–water partition coefficient (Wildman–Crippen LogP) is 2.64. The first-order valence-electron chi connectivity index (χ1n) is 6.88. The molecule has 1 aromatic carbocycles. The predicted molar refractivity (Wildman–Crippen MR) is 84.1 cm³/mol. The molecule has 6 nitrogen and oxygen atoms in total. The van der Waals surface area contributed by atoms with E-state index < -0.39 is 6.36 Å². The number of benzene rings is 1. The van der Waals surface area contributed by atoms with E-state index in [0.717, 1.165) is 19.2 Å². The second kappa shape index (κ2) is 7.22. The Labute approximate surface area is 139 Å². The van der Waals surface area contributed by atoms with Crippen molar-refractivity contribution >= 4 is 17.3 Å². The summed E-state index contributed by atoms with van der Waals surface area (Å²) in [6, 6.07) is 9.30. The van der Waals surface area contributed by atoms with Crippen LogP contribution in [0.15, 0.2) is 47.3 Å². The lowest BCUT2D eigenvalue weighted by Gasteiger charge is -2.11. The van der Waals surface area contributed by atoms with Crippen LogP contribution in [0.1, 0.15) is 10.5 Å². The van der Waals surface area contributed by atoms with Crippen molar-refractivity contribution in [1.29, 1.82) is 0 Å². The quantitative estimate of drug-likeness (QED) is 0.708. The molecular formula is C16H13F3N2O4. The molecule has 0 bridgehead atoms. The number of fused-ring (bicyclic) bond motifs is 1. The minimum Gasteiger partial charge on any atom is -0.406 e. The highest BCUT2D eigenvalue weighted by atomic mass is 19.4. The molecular weight excluding hydrogens is 341 g/mol. The summed E-state index contributed by atoms with van der Waals surface area (Å²) in [7, 11) is 1.00. The molecule has 132 valence electrons. The Morgan fingerprint density at radius 3 is 2.32 bits per heavy atom. The number of nitrogens with zero attached hydrogens (tertiary/aromatic N) is 1. The van der Waals surface area contributed by atoms with Gasteiger partial charge < -0.3 is 14.8 Å². The molecule has 0 spiro atoms. The number of hydrogen-bond donors (Lipinski definition) is 2. The second-order valence-corrected chi connectivity index (χ2v) is 4.70. The molecule has 0 unspecified atom stereocenters. The number of aromatic amines is 1. The Hall–Kier alpha value is -3.07. The highest BCUT2D eigenvalue weighted by Gasteiger charge is 2.31. The monoisotopic (exact) mass is 354 g/mol. The summed E-state index contributed by atoms with van der Waals surface area (Å²) in [6.45, 7) is 0. The van der Waals surface area contributed by atoms with Gasteiger partial charge in [0.05, 0.1) is 11.4 Å². The van der Waals surface area contributed by atoms with Crippen molar-refractivity contribution in [3.8, 4) is 11.4 Å². The number of ether oxygens (including phenoxy) is 1. The summed E-state index contributed by atoms with van der Waals surface area (Å²) in [6.07, 6.45) is -4.17. The van der Waals surface area contributed by atoms with Crippen molar-refractivity contribution in [1.82, 2.24) is 9.55 Å². The molecule has 2 heterocycles.